The van der Waals surface area contributed by atoms with Crippen molar-refractivity contribution in [1.29, 1.82) is 0 Å². The highest BCUT2D eigenvalue weighted by atomic mass is 35.5. The topological polar surface area (TPSA) is 29.9 Å². The van der Waals surface area contributed by atoms with Crippen molar-refractivity contribution in [3.8, 4) is 0 Å². The molecule has 1 aliphatic carbocycles. The summed E-state index contributed by atoms with van der Waals surface area (Å²) in [6, 6.07) is 0.564. The zero-order valence-electron chi connectivity index (χ0n) is 14.1. The third-order valence-electron chi connectivity index (χ3n) is 4.93. The van der Waals surface area contributed by atoms with Crippen LogP contribution in [0.1, 0.15) is 51.3 Å². The molecule has 0 bridgehead atoms. The fraction of sp³-hybridized carbons (Fsp3) is 0.824. The molecule has 1 saturated carbocycles. The average Bonchev–Trinajstić information content (AvgIpc) is 2.64. The molecule has 0 aromatic carbocycles. The van der Waals surface area contributed by atoms with Crippen molar-refractivity contribution in [2.45, 2.75) is 59.4 Å². The van der Waals surface area contributed by atoms with Gasteiger partial charge in [0.1, 0.15) is 5.15 Å². The third kappa shape index (κ3) is 4.23. The lowest BCUT2D eigenvalue weighted by molar-refractivity contribution is 0.181. The number of hydrogen-bond donors (Lipinski definition) is 1. The van der Waals surface area contributed by atoms with Crippen LogP contribution in [0, 0.1) is 24.7 Å². The van der Waals surface area contributed by atoms with Crippen LogP contribution in [0.25, 0.3) is 0 Å². The Morgan fingerprint density at radius 3 is 2.62 bits per heavy atom. The zero-order chi connectivity index (χ0) is 15.6. The highest BCUT2D eigenvalue weighted by molar-refractivity contribution is 6.30. The van der Waals surface area contributed by atoms with Gasteiger partial charge in [-0.2, -0.15) is 5.10 Å². The number of aryl methyl sites for hydroxylation is 2. The molecule has 1 fully saturated rings. The van der Waals surface area contributed by atoms with Crippen LogP contribution in [0.5, 0.6) is 0 Å². The van der Waals surface area contributed by atoms with E-state index >= 15 is 0 Å². The maximum atomic E-state index is 6.43. The summed E-state index contributed by atoms with van der Waals surface area (Å²) in [5.41, 5.74) is 2.35. The van der Waals surface area contributed by atoms with Crippen LogP contribution >= 0.6 is 11.6 Å². The lowest BCUT2D eigenvalue weighted by Gasteiger charge is -2.35. The van der Waals surface area contributed by atoms with Crippen LogP contribution in [-0.4, -0.2) is 22.4 Å². The highest BCUT2D eigenvalue weighted by Crippen LogP contribution is 2.37. The summed E-state index contributed by atoms with van der Waals surface area (Å²) in [6.45, 7) is 10.0. The van der Waals surface area contributed by atoms with Crippen LogP contribution in [0.15, 0.2) is 0 Å². The number of rotatable bonds is 5. The molecular weight excluding hydrogens is 282 g/mol. The molecule has 21 heavy (non-hydrogen) atoms. The predicted molar refractivity (Wildman–Crippen MR) is 89.8 cm³/mol. The largest absolute Gasteiger partial charge is 0.314 e. The maximum Gasteiger partial charge on any atom is 0.130 e. The van der Waals surface area contributed by atoms with Crippen LogP contribution in [0.3, 0.4) is 0 Å². The first-order valence-corrected chi connectivity index (χ1v) is 8.67. The standard InChI is InChI=1S/C17H30ClN3/c1-11(2)19-10-14-7-6-12(3)8-15(14)9-16-13(4)20-21(5)17(16)18/h11-12,14-15,19H,6-10H2,1-5H3. The normalized spacial score (nSPS) is 26.5. The van der Waals surface area contributed by atoms with E-state index in [9.17, 15) is 0 Å². The molecule has 120 valence electrons. The summed E-state index contributed by atoms with van der Waals surface area (Å²) in [4.78, 5) is 0. The van der Waals surface area contributed by atoms with Crippen LogP contribution in [0.2, 0.25) is 5.15 Å². The van der Waals surface area contributed by atoms with E-state index in [1.165, 1.54) is 24.8 Å². The molecule has 2 rings (SSSR count). The number of nitrogens with one attached hydrogen (secondary N) is 1. The van der Waals surface area contributed by atoms with Crippen molar-refractivity contribution >= 4 is 11.6 Å². The molecule has 0 aliphatic heterocycles. The van der Waals surface area contributed by atoms with E-state index in [2.05, 4.69) is 38.1 Å². The molecule has 3 unspecified atom stereocenters. The van der Waals surface area contributed by atoms with Crippen molar-refractivity contribution in [2.75, 3.05) is 6.54 Å². The molecule has 1 heterocycles. The van der Waals surface area contributed by atoms with Crippen molar-refractivity contribution in [1.82, 2.24) is 15.1 Å². The summed E-state index contributed by atoms with van der Waals surface area (Å²) in [5, 5.41) is 8.91. The van der Waals surface area contributed by atoms with Gasteiger partial charge in [0, 0.05) is 18.7 Å². The lowest BCUT2D eigenvalue weighted by Crippen LogP contribution is -2.36. The second-order valence-electron chi connectivity index (χ2n) is 7.18. The lowest BCUT2D eigenvalue weighted by atomic mass is 9.72. The minimum Gasteiger partial charge on any atom is -0.314 e. The minimum atomic E-state index is 0.564. The smallest absolute Gasteiger partial charge is 0.130 e. The van der Waals surface area contributed by atoms with E-state index in [0.717, 1.165) is 41.6 Å². The van der Waals surface area contributed by atoms with Gasteiger partial charge in [0.15, 0.2) is 0 Å². The van der Waals surface area contributed by atoms with Crippen molar-refractivity contribution < 1.29 is 0 Å². The molecule has 4 heteroatoms. The number of aromatic nitrogens is 2. The van der Waals surface area contributed by atoms with Gasteiger partial charge in [0.05, 0.1) is 5.69 Å². The summed E-state index contributed by atoms with van der Waals surface area (Å²) < 4.78 is 1.81. The molecule has 1 aliphatic rings. The van der Waals surface area contributed by atoms with Crippen LogP contribution in [0.4, 0.5) is 0 Å². The Bertz CT molecular complexity index is 467. The monoisotopic (exact) mass is 311 g/mol. The van der Waals surface area contributed by atoms with Crippen molar-refractivity contribution in [2.24, 2.45) is 24.8 Å². The Hall–Kier alpha value is -0.540. The van der Waals surface area contributed by atoms with Gasteiger partial charge in [0.25, 0.3) is 0 Å². The predicted octanol–water partition coefficient (Wildman–Crippen LogP) is 3.97. The van der Waals surface area contributed by atoms with E-state index in [4.69, 9.17) is 11.6 Å². The fourth-order valence-corrected chi connectivity index (χ4v) is 3.89. The van der Waals surface area contributed by atoms with Gasteiger partial charge in [-0.1, -0.05) is 38.8 Å². The molecule has 3 nitrogen and oxygen atoms in total. The number of nitrogens with zero attached hydrogens (tertiary/aromatic N) is 2. The van der Waals surface area contributed by atoms with E-state index in [-0.39, 0.29) is 0 Å². The molecule has 3 atom stereocenters. The second kappa shape index (κ2) is 7.15. The highest BCUT2D eigenvalue weighted by Gasteiger charge is 2.30. The molecule has 1 N–H and O–H groups in total. The van der Waals surface area contributed by atoms with Gasteiger partial charge >= 0.3 is 0 Å². The quantitative estimate of drug-likeness (QED) is 0.891. The van der Waals surface area contributed by atoms with E-state index < -0.39 is 0 Å². The van der Waals surface area contributed by atoms with Crippen LogP contribution < -0.4 is 5.32 Å². The van der Waals surface area contributed by atoms with Gasteiger partial charge in [-0.15, -0.1) is 0 Å². The molecular formula is C17H30ClN3. The van der Waals surface area contributed by atoms with E-state index in [1.54, 1.807) is 4.68 Å². The Balaban J connectivity index is 2.09. The molecule has 0 saturated heterocycles. The summed E-state index contributed by atoms with van der Waals surface area (Å²) in [7, 11) is 1.93. The van der Waals surface area contributed by atoms with Gasteiger partial charge in [0.2, 0.25) is 0 Å². The molecule has 0 amide bonds. The molecule has 0 radical (unpaired) electrons. The molecule has 1 aromatic rings. The van der Waals surface area contributed by atoms with Gasteiger partial charge in [-0.3, -0.25) is 4.68 Å². The average molecular weight is 312 g/mol. The molecule has 1 aromatic heterocycles. The van der Waals surface area contributed by atoms with Gasteiger partial charge in [-0.05, 0) is 50.5 Å². The SMILES string of the molecule is Cc1nn(C)c(Cl)c1CC1CC(C)CCC1CNC(C)C. The Morgan fingerprint density at radius 1 is 1.33 bits per heavy atom. The van der Waals surface area contributed by atoms with E-state index in [0.29, 0.717) is 6.04 Å². The van der Waals surface area contributed by atoms with Crippen LogP contribution in [-0.2, 0) is 13.5 Å². The van der Waals surface area contributed by atoms with Crippen molar-refractivity contribution in [3.05, 3.63) is 16.4 Å². The maximum absolute atomic E-state index is 6.43. The molecule has 0 spiro atoms. The Morgan fingerprint density at radius 2 is 2.05 bits per heavy atom. The number of halogens is 1. The third-order valence-corrected chi connectivity index (χ3v) is 5.40. The van der Waals surface area contributed by atoms with Crippen molar-refractivity contribution in [3.63, 3.8) is 0 Å². The Labute approximate surface area is 134 Å². The second-order valence-corrected chi connectivity index (χ2v) is 7.54. The minimum absolute atomic E-state index is 0.564. The van der Waals surface area contributed by atoms with Gasteiger partial charge in [-0.25, -0.2) is 0 Å². The summed E-state index contributed by atoms with van der Waals surface area (Å²) >= 11 is 6.43. The first-order valence-electron chi connectivity index (χ1n) is 8.29. The first-order chi connectivity index (χ1) is 9.88. The summed E-state index contributed by atoms with van der Waals surface area (Å²) in [6.07, 6.45) is 5.09. The zero-order valence-corrected chi connectivity index (χ0v) is 14.9. The van der Waals surface area contributed by atoms with Gasteiger partial charge < -0.3 is 5.32 Å². The summed E-state index contributed by atoms with van der Waals surface area (Å²) in [5.74, 6) is 2.32. The first kappa shape index (κ1) is 16.8. The Kier molecular flexibility index (Phi) is 5.73. The number of hydrogen-bond acceptors (Lipinski definition) is 2. The van der Waals surface area contributed by atoms with E-state index in [1.807, 2.05) is 7.05 Å². The fourth-order valence-electron chi connectivity index (χ4n) is 3.64.